The fourth-order valence-electron chi connectivity index (χ4n) is 3.56. The van der Waals surface area contributed by atoms with Crippen LogP contribution in [0.25, 0.3) is 0 Å². The van der Waals surface area contributed by atoms with E-state index in [2.05, 4.69) is 22.7 Å². The predicted molar refractivity (Wildman–Crippen MR) is 91.5 cm³/mol. The van der Waals surface area contributed by atoms with Crippen molar-refractivity contribution >= 4 is 17.3 Å². The summed E-state index contributed by atoms with van der Waals surface area (Å²) in [6, 6.07) is 6.25. The number of fused-ring (bicyclic) bond motifs is 1. The van der Waals surface area contributed by atoms with Gasteiger partial charge in [-0.2, -0.15) is 5.10 Å². The molecule has 24 heavy (non-hydrogen) atoms. The molecule has 0 radical (unpaired) electrons. The summed E-state index contributed by atoms with van der Waals surface area (Å²) in [7, 11) is 0. The highest BCUT2D eigenvalue weighted by Crippen LogP contribution is 2.52. The monoisotopic (exact) mass is 327 g/mol. The topological polar surface area (TPSA) is 84.6 Å². The third kappa shape index (κ3) is 3.53. The molecule has 1 N–H and O–H groups in total. The summed E-state index contributed by atoms with van der Waals surface area (Å²) in [5, 5.41) is 15.0. The normalized spacial score (nSPS) is 26.0. The zero-order chi connectivity index (χ0) is 17.1. The zero-order valence-corrected chi connectivity index (χ0v) is 13.6. The van der Waals surface area contributed by atoms with Crippen molar-refractivity contribution in [3.63, 3.8) is 0 Å². The molecule has 126 valence electrons. The quantitative estimate of drug-likeness (QED) is 0.398. The van der Waals surface area contributed by atoms with Crippen molar-refractivity contribution in [2.45, 2.75) is 32.6 Å². The van der Waals surface area contributed by atoms with Gasteiger partial charge in [0, 0.05) is 23.6 Å². The second-order valence-electron chi connectivity index (χ2n) is 6.46. The van der Waals surface area contributed by atoms with Gasteiger partial charge >= 0.3 is 0 Å². The lowest BCUT2D eigenvalue weighted by Gasteiger charge is -2.03. The number of allylic oxidation sites excluding steroid dienone is 2. The Labute approximate surface area is 140 Å². The van der Waals surface area contributed by atoms with Crippen LogP contribution in [0.2, 0.25) is 0 Å². The van der Waals surface area contributed by atoms with Crippen LogP contribution in [-0.4, -0.2) is 16.5 Å². The molecule has 2 unspecified atom stereocenters. The number of benzene rings is 1. The van der Waals surface area contributed by atoms with Crippen molar-refractivity contribution in [3.8, 4) is 0 Å². The molecule has 2 aliphatic carbocycles. The van der Waals surface area contributed by atoms with Gasteiger partial charge in [0.25, 0.3) is 5.69 Å². The van der Waals surface area contributed by atoms with Gasteiger partial charge in [-0.1, -0.05) is 24.3 Å². The second kappa shape index (κ2) is 6.95. The number of nitrogens with zero attached hydrogens (tertiary/aromatic N) is 2. The third-order valence-corrected chi connectivity index (χ3v) is 4.94. The van der Waals surface area contributed by atoms with E-state index in [1.54, 1.807) is 19.1 Å². The van der Waals surface area contributed by atoms with Gasteiger partial charge in [0.1, 0.15) is 0 Å². The van der Waals surface area contributed by atoms with Gasteiger partial charge in [-0.05, 0) is 44.4 Å². The lowest BCUT2D eigenvalue weighted by atomic mass is 10.1. The molecule has 0 aliphatic heterocycles. The lowest BCUT2D eigenvalue weighted by molar-refractivity contribution is -0.384. The van der Waals surface area contributed by atoms with E-state index in [-0.39, 0.29) is 17.5 Å². The summed E-state index contributed by atoms with van der Waals surface area (Å²) in [4.78, 5) is 22.8. The molecule has 0 bridgehead atoms. The Hall–Kier alpha value is -2.50. The Kier molecular flexibility index (Phi) is 4.74. The van der Waals surface area contributed by atoms with Crippen molar-refractivity contribution in [2.24, 2.45) is 22.9 Å². The first kappa shape index (κ1) is 16.4. The molecule has 1 fully saturated rings. The van der Waals surface area contributed by atoms with E-state index in [1.165, 1.54) is 12.1 Å². The van der Waals surface area contributed by atoms with Gasteiger partial charge in [0.2, 0.25) is 5.91 Å². The third-order valence-electron chi connectivity index (χ3n) is 4.94. The van der Waals surface area contributed by atoms with Crippen LogP contribution in [0.5, 0.6) is 0 Å². The number of amides is 1. The van der Waals surface area contributed by atoms with Gasteiger partial charge in [0.05, 0.1) is 10.6 Å². The molecule has 1 aromatic carbocycles. The molecule has 2 atom stereocenters. The van der Waals surface area contributed by atoms with Crippen LogP contribution in [0, 0.1) is 27.9 Å². The predicted octanol–water partition coefficient (Wildman–Crippen LogP) is 3.43. The Morgan fingerprint density at radius 2 is 1.92 bits per heavy atom. The first-order chi connectivity index (χ1) is 11.6. The minimum Gasteiger partial charge on any atom is -0.273 e. The number of hydrogen-bond donors (Lipinski definition) is 1. The standard InChI is InChI=1S/C18H21N3O3/c1-12(13-7-6-8-14(11-13)21(23)24)19-20-18(22)17-15-9-4-2-3-5-10-16(15)17/h2-3,6-8,11,15-17H,4-5,9-10H2,1H3,(H,20,22). The fourth-order valence-corrected chi connectivity index (χ4v) is 3.56. The van der Waals surface area contributed by atoms with E-state index < -0.39 is 4.92 Å². The molecule has 0 heterocycles. The van der Waals surface area contributed by atoms with Crippen LogP contribution in [0.1, 0.15) is 38.2 Å². The molecule has 1 aromatic rings. The average molecular weight is 327 g/mol. The number of non-ortho nitro benzene ring substituents is 1. The first-order valence-electron chi connectivity index (χ1n) is 8.32. The number of rotatable bonds is 4. The maximum absolute atomic E-state index is 12.4. The Balaban J connectivity index is 1.62. The molecule has 0 saturated heterocycles. The number of carbonyl (C=O) groups is 1. The highest BCUT2D eigenvalue weighted by molar-refractivity contribution is 5.99. The molecule has 0 spiro atoms. The van der Waals surface area contributed by atoms with Crippen molar-refractivity contribution in [1.29, 1.82) is 0 Å². The average Bonchev–Trinajstić information content (AvgIpc) is 3.23. The number of nitro benzene ring substituents is 1. The first-order valence-corrected chi connectivity index (χ1v) is 8.32. The van der Waals surface area contributed by atoms with Crippen molar-refractivity contribution < 1.29 is 9.72 Å². The van der Waals surface area contributed by atoms with E-state index in [4.69, 9.17) is 0 Å². The Bertz CT molecular complexity index is 695. The van der Waals surface area contributed by atoms with Gasteiger partial charge in [-0.3, -0.25) is 14.9 Å². The maximum atomic E-state index is 12.4. The van der Waals surface area contributed by atoms with Crippen LogP contribution in [0.4, 0.5) is 5.69 Å². The van der Waals surface area contributed by atoms with Gasteiger partial charge in [-0.15, -0.1) is 0 Å². The van der Waals surface area contributed by atoms with Crippen LogP contribution in [0.3, 0.4) is 0 Å². The van der Waals surface area contributed by atoms with Crippen LogP contribution in [-0.2, 0) is 4.79 Å². The number of nitro groups is 1. The number of nitrogens with one attached hydrogen (secondary N) is 1. The maximum Gasteiger partial charge on any atom is 0.270 e. The lowest BCUT2D eigenvalue weighted by Crippen LogP contribution is -2.22. The molecule has 3 rings (SSSR count). The van der Waals surface area contributed by atoms with Crippen LogP contribution in [0.15, 0.2) is 41.5 Å². The fraction of sp³-hybridized carbons (Fsp3) is 0.444. The number of hydrazone groups is 1. The molecular weight excluding hydrogens is 306 g/mol. The van der Waals surface area contributed by atoms with Crippen molar-refractivity contribution in [3.05, 3.63) is 52.1 Å². The highest BCUT2D eigenvalue weighted by atomic mass is 16.6. The van der Waals surface area contributed by atoms with E-state index in [0.29, 0.717) is 23.1 Å². The van der Waals surface area contributed by atoms with Gasteiger partial charge in [-0.25, -0.2) is 5.43 Å². The molecule has 0 aromatic heterocycles. The van der Waals surface area contributed by atoms with E-state index in [0.717, 1.165) is 25.7 Å². The minimum atomic E-state index is -0.440. The van der Waals surface area contributed by atoms with Gasteiger partial charge in [0.15, 0.2) is 0 Å². The van der Waals surface area contributed by atoms with E-state index in [1.807, 2.05) is 0 Å². The van der Waals surface area contributed by atoms with E-state index >= 15 is 0 Å². The summed E-state index contributed by atoms with van der Waals surface area (Å²) in [5.74, 6) is 0.981. The number of carbonyl (C=O) groups excluding carboxylic acids is 1. The summed E-state index contributed by atoms with van der Waals surface area (Å²) in [5.41, 5.74) is 3.86. The molecule has 6 heteroatoms. The summed E-state index contributed by atoms with van der Waals surface area (Å²) in [6.45, 7) is 1.74. The Morgan fingerprint density at radius 3 is 2.54 bits per heavy atom. The minimum absolute atomic E-state index is 0.0154. The molecular formula is C18H21N3O3. The van der Waals surface area contributed by atoms with Crippen LogP contribution < -0.4 is 5.43 Å². The van der Waals surface area contributed by atoms with E-state index in [9.17, 15) is 14.9 Å². The molecule has 6 nitrogen and oxygen atoms in total. The number of hydrogen-bond acceptors (Lipinski definition) is 4. The summed E-state index contributed by atoms with van der Waals surface area (Å²) < 4.78 is 0. The SMILES string of the molecule is CC(=NNC(=O)C1C2CCC=CCCC21)c1cccc([N+](=O)[O-])c1. The summed E-state index contributed by atoms with van der Waals surface area (Å²) >= 11 is 0. The zero-order valence-electron chi connectivity index (χ0n) is 13.6. The highest BCUT2D eigenvalue weighted by Gasteiger charge is 2.53. The molecule has 2 aliphatic rings. The largest absolute Gasteiger partial charge is 0.273 e. The molecule has 1 saturated carbocycles. The van der Waals surface area contributed by atoms with Crippen LogP contribution >= 0.6 is 0 Å². The second-order valence-corrected chi connectivity index (χ2v) is 6.46. The van der Waals surface area contributed by atoms with Gasteiger partial charge < -0.3 is 0 Å². The molecule has 1 amide bonds. The Morgan fingerprint density at radius 1 is 1.25 bits per heavy atom. The smallest absolute Gasteiger partial charge is 0.270 e. The summed E-state index contributed by atoms with van der Waals surface area (Å²) in [6.07, 6.45) is 8.61. The van der Waals surface area contributed by atoms with Crippen molar-refractivity contribution in [1.82, 2.24) is 5.43 Å². The van der Waals surface area contributed by atoms with Crippen molar-refractivity contribution in [2.75, 3.05) is 0 Å².